The van der Waals surface area contributed by atoms with Crippen LogP contribution in [0.3, 0.4) is 0 Å². The van der Waals surface area contributed by atoms with E-state index in [0.717, 1.165) is 68.8 Å². The minimum atomic E-state index is -4.59. The summed E-state index contributed by atoms with van der Waals surface area (Å²) in [6.07, 6.45) is -2.55. The zero-order valence-corrected chi connectivity index (χ0v) is 23.2. The molecule has 1 amide bonds. The number of benzene rings is 1. The number of hydrogen-bond donors (Lipinski definition) is 2. The fourth-order valence-corrected chi connectivity index (χ4v) is 4.96. The summed E-state index contributed by atoms with van der Waals surface area (Å²) in [4.78, 5) is 28.9. The van der Waals surface area contributed by atoms with E-state index in [4.69, 9.17) is 0 Å². The topological polar surface area (TPSA) is 79.9 Å². The van der Waals surface area contributed by atoms with Crippen LogP contribution in [0.4, 0.5) is 36.3 Å². The summed E-state index contributed by atoms with van der Waals surface area (Å²) in [5, 5.41) is 5.94. The number of aryl methyl sites for hydroxylation is 1. The summed E-state index contributed by atoms with van der Waals surface area (Å²) in [7, 11) is 5.81. The SMILES string of the molecule is CCc1cc(N2CCN(C)CC2)ccc1Nc1ncc(C(F)(F)F)c(NCCCN(C)C(=O)C2CN(C)C2)n1. The molecule has 9 nitrogen and oxygen atoms in total. The fraction of sp³-hybridized carbons (Fsp3) is 0.593. The molecule has 1 aromatic heterocycles. The number of carbonyl (C=O) groups is 1. The van der Waals surface area contributed by atoms with Crippen LogP contribution < -0.4 is 15.5 Å². The predicted octanol–water partition coefficient (Wildman–Crippen LogP) is 3.38. The van der Waals surface area contributed by atoms with Crippen LogP contribution >= 0.6 is 0 Å². The molecular formula is C27H39F3N8O. The maximum Gasteiger partial charge on any atom is 0.421 e. The Balaban J connectivity index is 1.41. The molecule has 0 saturated carbocycles. The molecule has 0 aliphatic carbocycles. The predicted molar refractivity (Wildman–Crippen MR) is 148 cm³/mol. The number of alkyl halides is 3. The maximum atomic E-state index is 13.7. The van der Waals surface area contributed by atoms with Gasteiger partial charge in [-0.2, -0.15) is 18.2 Å². The molecule has 2 aliphatic rings. The lowest BCUT2D eigenvalue weighted by Gasteiger charge is -2.37. The van der Waals surface area contributed by atoms with E-state index in [9.17, 15) is 18.0 Å². The fourth-order valence-electron chi connectivity index (χ4n) is 4.96. The lowest BCUT2D eigenvalue weighted by Crippen LogP contribution is -2.52. The molecular weight excluding hydrogens is 509 g/mol. The Hall–Kier alpha value is -3.12. The quantitative estimate of drug-likeness (QED) is 0.438. The molecule has 0 spiro atoms. The summed E-state index contributed by atoms with van der Waals surface area (Å²) < 4.78 is 41.0. The van der Waals surface area contributed by atoms with Crippen LogP contribution in [-0.4, -0.2) is 104 Å². The van der Waals surface area contributed by atoms with Gasteiger partial charge in [-0.15, -0.1) is 0 Å². The molecule has 0 atom stereocenters. The monoisotopic (exact) mass is 548 g/mol. The van der Waals surface area contributed by atoms with E-state index in [2.05, 4.69) is 48.4 Å². The van der Waals surface area contributed by atoms with Crippen molar-refractivity contribution in [3.05, 3.63) is 35.5 Å². The van der Waals surface area contributed by atoms with Crippen LogP contribution in [0, 0.1) is 5.92 Å². The van der Waals surface area contributed by atoms with E-state index >= 15 is 0 Å². The zero-order valence-electron chi connectivity index (χ0n) is 23.2. The Morgan fingerprint density at radius 3 is 2.49 bits per heavy atom. The first-order valence-corrected chi connectivity index (χ1v) is 13.5. The van der Waals surface area contributed by atoms with Crippen LogP contribution in [0.5, 0.6) is 0 Å². The number of carbonyl (C=O) groups excluding carboxylic acids is 1. The van der Waals surface area contributed by atoms with Crippen molar-refractivity contribution in [3.63, 3.8) is 0 Å². The van der Waals surface area contributed by atoms with Gasteiger partial charge >= 0.3 is 6.18 Å². The van der Waals surface area contributed by atoms with Crippen molar-refractivity contribution in [2.45, 2.75) is 25.9 Å². The highest BCUT2D eigenvalue weighted by Crippen LogP contribution is 2.34. The Morgan fingerprint density at radius 2 is 1.85 bits per heavy atom. The highest BCUT2D eigenvalue weighted by atomic mass is 19.4. The van der Waals surface area contributed by atoms with Gasteiger partial charge in [-0.25, -0.2) is 4.98 Å². The van der Waals surface area contributed by atoms with Crippen molar-refractivity contribution >= 4 is 29.0 Å². The van der Waals surface area contributed by atoms with Gasteiger partial charge < -0.3 is 30.2 Å². The number of anilines is 4. The highest BCUT2D eigenvalue weighted by molar-refractivity contribution is 5.80. The summed E-state index contributed by atoms with van der Waals surface area (Å²) in [5.41, 5.74) is 2.02. The first-order valence-electron chi connectivity index (χ1n) is 13.5. The van der Waals surface area contributed by atoms with Crippen LogP contribution in [0.1, 0.15) is 24.5 Å². The number of likely N-dealkylation sites (N-methyl/N-ethyl adjacent to an activating group) is 1. The molecule has 1 aromatic carbocycles. The largest absolute Gasteiger partial charge is 0.421 e. The number of amides is 1. The first kappa shape index (κ1) is 28.9. The van der Waals surface area contributed by atoms with Crippen molar-refractivity contribution in [1.82, 2.24) is 24.7 Å². The molecule has 2 saturated heterocycles. The number of rotatable bonds is 10. The molecule has 3 heterocycles. The Morgan fingerprint density at radius 1 is 1.13 bits per heavy atom. The number of piperazine rings is 1. The van der Waals surface area contributed by atoms with Gasteiger partial charge in [-0.1, -0.05) is 6.92 Å². The Kier molecular flexibility index (Phi) is 9.16. The number of halogens is 3. The zero-order chi connectivity index (χ0) is 28.2. The van der Waals surface area contributed by atoms with Crippen LogP contribution in [-0.2, 0) is 17.4 Å². The van der Waals surface area contributed by atoms with Crippen LogP contribution in [0.25, 0.3) is 0 Å². The molecule has 39 heavy (non-hydrogen) atoms. The third-order valence-electron chi connectivity index (χ3n) is 7.43. The second-order valence-electron chi connectivity index (χ2n) is 10.5. The second kappa shape index (κ2) is 12.4. The minimum absolute atomic E-state index is 0.00363. The van der Waals surface area contributed by atoms with E-state index in [1.807, 2.05) is 26.1 Å². The summed E-state index contributed by atoms with van der Waals surface area (Å²) in [5.74, 6) is -0.109. The lowest BCUT2D eigenvalue weighted by molar-refractivity contribution is -0.139. The Labute approximate surface area is 228 Å². The van der Waals surface area contributed by atoms with E-state index in [-0.39, 0.29) is 30.1 Å². The number of aromatic nitrogens is 2. The molecule has 12 heteroatoms. The van der Waals surface area contributed by atoms with Gasteiger partial charge in [0.2, 0.25) is 11.9 Å². The van der Waals surface area contributed by atoms with Gasteiger partial charge in [0.15, 0.2) is 0 Å². The average Bonchev–Trinajstić information content (AvgIpc) is 2.89. The Bertz CT molecular complexity index is 1130. The van der Waals surface area contributed by atoms with Crippen molar-refractivity contribution < 1.29 is 18.0 Å². The lowest BCUT2D eigenvalue weighted by atomic mass is 10.00. The number of nitrogens with one attached hydrogen (secondary N) is 2. The number of likely N-dealkylation sites (tertiary alicyclic amines) is 1. The minimum Gasteiger partial charge on any atom is -0.369 e. The summed E-state index contributed by atoms with van der Waals surface area (Å²) in [6, 6.07) is 6.08. The smallest absolute Gasteiger partial charge is 0.369 e. The molecule has 0 bridgehead atoms. The maximum absolute atomic E-state index is 13.7. The molecule has 2 aliphatic heterocycles. The van der Waals surface area contributed by atoms with Gasteiger partial charge in [-0.3, -0.25) is 4.79 Å². The summed E-state index contributed by atoms with van der Waals surface area (Å²) in [6.45, 7) is 8.11. The van der Waals surface area contributed by atoms with Gasteiger partial charge in [-0.05, 0) is 50.7 Å². The molecule has 2 aromatic rings. The van der Waals surface area contributed by atoms with Gasteiger partial charge in [0, 0.05) is 77.0 Å². The van der Waals surface area contributed by atoms with Crippen molar-refractivity contribution in [2.75, 3.05) is 89.0 Å². The van der Waals surface area contributed by atoms with E-state index in [1.165, 1.54) is 0 Å². The van der Waals surface area contributed by atoms with Gasteiger partial charge in [0.05, 0.1) is 5.92 Å². The third-order valence-corrected chi connectivity index (χ3v) is 7.43. The number of hydrogen-bond acceptors (Lipinski definition) is 8. The standard InChI is InChI=1S/C27H39F3N8O/c1-5-19-15-21(38-13-11-35(2)12-14-38)7-8-23(19)33-26-32-16-22(27(28,29)30)24(34-26)31-9-6-10-37(4)25(39)20-17-36(3)18-20/h7-8,15-16,20H,5-6,9-14,17-18H2,1-4H3,(H2,31,32,33,34). The third kappa shape index (κ3) is 7.30. The summed E-state index contributed by atoms with van der Waals surface area (Å²) >= 11 is 0. The van der Waals surface area contributed by atoms with Crippen LogP contribution in [0.2, 0.25) is 0 Å². The van der Waals surface area contributed by atoms with Crippen molar-refractivity contribution in [3.8, 4) is 0 Å². The van der Waals surface area contributed by atoms with Gasteiger partial charge in [0.25, 0.3) is 0 Å². The number of nitrogens with zero attached hydrogens (tertiary/aromatic N) is 6. The van der Waals surface area contributed by atoms with E-state index < -0.39 is 11.7 Å². The van der Waals surface area contributed by atoms with Gasteiger partial charge in [0.1, 0.15) is 11.4 Å². The molecule has 2 N–H and O–H groups in total. The van der Waals surface area contributed by atoms with E-state index in [1.54, 1.807) is 11.9 Å². The van der Waals surface area contributed by atoms with Crippen molar-refractivity contribution in [2.24, 2.45) is 5.92 Å². The van der Waals surface area contributed by atoms with Crippen LogP contribution in [0.15, 0.2) is 24.4 Å². The molecule has 4 rings (SSSR count). The molecule has 0 unspecified atom stereocenters. The normalized spacial score (nSPS) is 17.2. The first-order chi connectivity index (χ1) is 18.5. The molecule has 2 fully saturated rings. The highest BCUT2D eigenvalue weighted by Gasteiger charge is 2.35. The molecule has 0 radical (unpaired) electrons. The molecule has 214 valence electrons. The second-order valence-corrected chi connectivity index (χ2v) is 10.5. The average molecular weight is 549 g/mol. The van der Waals surface area contributed by atoms with E-state index in [0.29, 0.717) is 13.0 Å². The van der Waals surface area contributed by atoms with Crippen molar-refractivity contribution in [1.29, 1.82) is 0 Å².